The van der Waals surface area contributed by atoms with Gasteiger partial charge in [0.2, 0.25) is 0 Å². The van der Waals surface area contributed by atoms with Crippen molar-refractivity contribution >= 4 is 0 Å². The minimum atomic E-state index is -0.424. The minimum Gasteiger partial charge on any atom is -0.393 e. The zero-order chi connectivity index (χ0) is 21.7. The fraction of sp³-hybridized carbons (Fsp3) is 0.929. The summed E-state index contributed by atoms with van der Waals surface area (Å²) in [5.41, 5.74) is 1.70. The van der Waals surface area contributed by atoms with E-state index in [4.69, 9.17) is 0 Å². The summed E-state index contributed by atoms with van der Waals surface area (Å²) in [6.45, 7) is 11.5. The molecule has 3 fully saturated rings. The maximum Gasteiger partial charge on any atom is 0.0682 e. The molecule has 0 spiro atoms. The van der Waals surface area contributed by atoms with Crippen molar-refractivity contribution < 1.29 is 10.2 Å². The topological polar surface area (TPSA) is 40.5 Å². The van der Waals surface area contributed by atoms with E-state index in [0.717, 1.165) is 61.2 Å². The van der Waals surface area contributed by atoms with Crippen molar-refractivity contribution in [2.45, 2.75) is 117 Å². The van der Waals surface area contributed by atoms with E-state index in [1.807, 2.05) is 0 Å². The van der Waals surface area contributed by atoms with Crippen molar-refractivity contribution in [2.75, 3.05) is 0 Å². The highest BCUT2D eigenvalue weighted by molar-refractivity contribution is 5.22. The molecule has 9 atom stereocenters. The third-order valence-electron chi connectivity index (χ3n) is 10.7. The molecule has 0 bridgehead atoms. The zero-order valence-corrected chi connectivity index (χ0v) is 20.4. The first-order chi connectivity index (χ1) is 14.2. The van der Waals surface area contributed by atoms with Gasteiger partial charge in [0.15, 0.2) is 0 Å². The van der Waals surface area contributed by atoms with Gasteiger partial charge < -0.3 is 10.2 Å². The lowest BCUT2D eigenvalue weighted by Gasteiger charge is -2.55. The molecule has 0 amide bonds. The maximum absolute atomic E-state index is 10.9. The van der Waals surface area contributed by atoms with Crippen LogP contribution in [0, 0.1) is 46.8 Å². The first kappa shape index (κ1) is 22.8. The molecule has 0 aromatic heterocycles. The summed E-state index contributed by atoms with van der Waals surface area (Å²) in [5.74, 6) is 5.36. The average molecular weight is 417 g/mol. The van der Waals surface area contributed by atoms with Gasteiger partial charge in [0.05, 0.1) is 11.7 Å². The molecule has 4 aliphatic carbocycles. The number of rotatable bonds is 6. The van der Waals surface area contributed by atoms with Gasteiger partial charge >= 0.3 is 0 Å². The van der Waals surface area contributed by atoms with Crippen LogP contribution in [0.15, 0.2) is 11.6 Å². The second-order valence-corrected chi connectivity index (χ2v) is 12.4. The van der Waals surface area contributed by atoms with Crippen LogP contribution in [-0.4, -0.2) is 21.9 Å². The van der Waals surface area contributed by atoms with Crippen LogP contribution in [0.25, 0.3) is 0 Å². The van der Waals surface area contributed by atoms with Crippen LogP contribution in [-0.2, 0) is 0 Å². The van der Waals surface area contributed by atoms with Crippen molar-refractivity contribution in [1.29, 1.82) is 0 Å². The number of aliphatic hydroxyl groups is 2. The van der Waals surface area contributed by atoms with Crippen LogP contribution >= 0.6 is 0 Å². The largest absolute Gasteiger partial charge is 0.393 e. The molecule has 2 heteroatoms. The van der Waals surface area contributed by atoms with Crippen LogP contribution in [0.2, 0.25) is 0 Å². The lowest BCUT2D eigenvalue weighted by molar-refractivity contribution is -0.0466. The van der Waals surface area contributed by atoms with E-state index in [9.17, 15) is 10.2 Å². The molecule has 172 valence electrons. The summed E-state index contributed by atoms with van der Waals surface area (Å²) in [6.07, 6.45) is 15.6. The van der Waals surface area contributed by atoms with Crippen LogP contribution in [0.1, 0.15) is 105 Å². The van der Waals surface area contributed by atoms with E-state index in [1.165, 1.54) is 44.9 Å². The maximum atomic E-state index is 10.9. The van der Waals surface area contributed by atoms with Crippen LogP contribution in [0.4, 0.5) is 0 Å². The number of hydrogen-bond donors (Lipinski definition) is 2. The fourth-order valence-corrected chi connectivity index (χ4v) is 8.61. The highest BCUT2D eigenvalue weighted by Gasteiger charge is 2.57. The first-order valence-corrected chi connectivity index (χ1v) is 13.3. The van der Waals surface area contributed by atoms with E-state index in [1.54, 1.807) is 5.57 Å². The lowest BCUT2D eigenvalue weighted by Crippen LogP contribution is -2.48. The van der Waals surface area contributed by atoms with Gasteiger partial charge in [0, 0.05) is 0 Å². The molecule has 0 aromatic rings. The summed E-state index contributed by atoms with van der Waals surface area (Å²) in [7, 11) is 0. The standard InChI is InChI=1S/C28H48O2/c1-6-28(30)16-14-21-20(17-28)8-9-23-22(21)13-15-27(5)24(10-11-25(23)27)19(4)7-12-26(29)18(2)3/h8,18-19,21-26,29-30H,6-7,9-17H2,1-5H3/t19-,21+,22-,23-,24-,25+,26+,27-,28+/m1/s1. The van der Waals surface area contributed by atoms with Gasteiger partial charge in [-0.15, -0.1) is 0 Å². The molecule has 0 unspecified atom stereocenters. The van der Waals surface area contributed by atoms with E-state index < -0.39 is 5.60 Å². The van der Waals surface area contributed by atoms with Gasteiger partial charge in [-0.05, 0) is 117 Å². The van der Waals surface area contributed by atoms with E-state index in [2.05, 4.69) is 40.7 Å². The van der Waals surface area contributed by atoms with Crippen molar-refractivity contribution in [3.05, 3.63) is 11.6 Å². The first-order valence-electron chi connectivity index (χ1n) is 13.3. The van der Waals surface area contributed by atoms with Gasteiger partial charge in [0.1, 0.15) is 0 Å². The van der Waals surface area contributed by atoms with Crippen molar-refractivity contribution in [3.8, 4) is 0 Å². The van der Waals surface area contributed by atoms with Gasteiger partial charge in [-0.2, -0.15) is 0 Å². The van der Waals surface area contributed by atoms with Gasteiger partial charge in [0.25, 0.3) is 0 Å². The number of hydrogen-bond acceptors (Lipinski definition) is 2. The third-order valence-corrected chi connectivity index (χ3v) is 10.7. The van der Waals surface area contributed by atoms with Crippen LogP contribution in [0.3, 0.4) is 0 Å². The Bertz CT molecular complexity index is 639. The van der Waals surface area contributed by atoms with E-state index in [0.29, 0.717) is 11.3 Å². The van der Waals surface area contributed by atoms with E-state index >= 15 is 0 Å². The average Bonchev–Trinajstić information content (AvgIpc) is 3.08. The molecule has 0 heterocycles. The Morgan fingerprint density at radius 1 is 1.03 bits per heavy atom. The predicted octanol–water partition coefficient (Wildman–Crippen LogP) is 6.75. The quantitative estimate of drug-likeness (QED) is 0.470. The molecule has 2 N–H and O–H groups in total. The third kappa shape index (κ3) is 3.94. The summed E-state index contributed by atoms with van der Waals surface area (Å²) >= 11 is 0. The smallest absolute Gasteiger partial charge is 0.0682 e. The second-order valence-electron chi connectivity index (χ2n) is 12.4. The Kier molecular flexibility index (Phi) is 6.50. The summed E-state index contributed by atoms with van der Waals surface area (Å²) in [4.78, 5) is 0. The zero-order valence-electron chi connectivity index (χ0n) is 20.4. The van der Waals surface area contributed by atoms with Gasteiger partial charge in [-0.1, -0.05) is 46.3 Å². The molecule has 0 saturated heterocycles. The molecule has 0 radical (unpaired) electrons. The van der Waals surface area contributed by atoms with Crippen molar-refractivity contribution in [3.63, 3.8) is 0 Å². The number of allylic oxidation sites excluding steroid dienone is 1. The molecule has 0 aromatic carbocycles. The molecule has 30 heavy (non-hydrogen) atoms. The Morgan fingerprint density at radius 2 is 1.80 bits per heavy atom. The molecule has 0 aliphatic heterocycles. The van der Waals surface area contributed by atoms with Crippen molar-refractivity contribution in [2.24, 2.45) is 46.8 Å². The molecule has 4 rings (SSSR count). The Labute approximate surface area is 185 Å². The van der Waals surface area contributed by atoms with Gasteiger partial charge in [-0.3, -0.25) is 0 Å². The van der Waals surface area contributed by atoms with E-state index in [-0.39, 0.29) is 6.10 Å². The Balaban J connectivity index is 1.45. The van der Waals surface area contributed by atoms with Crippen LogP contribution < -0.4 is 0 Å². The van der Waals surface area contributed by atoms with Crippen LogP contribution in [0.5, 0.6) is 0 Å². The SMILES string of the molecule is CC[C@]1(O)CC[C@H]2C(=CC[C@@H]3[C@@H]2CC[C@]2(C)[C@@H]([C@H](C)CC[C@H](O)C(C)C)CC[C@@H]32)C1. The highest BCUT2D eigenvalue weighted by atomic mass is 16.3. The number of aliphatic hydroxyl groups excluding tert-OH is 1. The van der Waals surface area contributed by atoms with Crippen molar-refractivity contribution in [1.82, 2.24) is 0 Å². The lowest BCUT2D eigenvalue weighted by atomic mass is 9.50. The monoisotopic (exact) mass is 416 g/mol. The molecular weight excluding hydrogens is 368 g/mol. The fourth-order valence-electron chi connectivity index (χ4n) is 8.61. The summed E-state index contributed by atoms with van der Waals surface area (Å²) < 4.78 is 0. The summed E-state index contributed by atoms with van der Waals surface area (Å²) in [5, 5.41) is 21.2. The number of fused-ring (bicyclic) bond motifs is 5. The molecular formula is C28H48O2. The highest BCUT2D eigenvalue weighted by Crippen LogP contribution is 2.65. The predicted molar refractivity (Wildman–Crippen MR) is 125 cm³/mol. The molecule has 3 saturated carbocycles. The minimum absolute atomic E-state index is 0.136. The summed E-state index contributed by atoms with van der Waals surface area (Å²) in [6, 6.07) is 0. The Hall–Kier alpha value is -0.340. The normalized spacial score (nSPS) is 45.3. The Morgan fingerprint density at radius 3 is 2.50 bits per heavy atom. The molecule has 2 nitrogen and oxygen atoms in total. The van der Waals surface area contributed by atoms with Gasteiger partial charge in [-0.25, -0.2) is 0 Å². The molecule has 4 aliphatic rings. The second kappa shape index (κ2) is 8.54.